The first kappa shape index (κ1) is 16.4. The molecule has 0 aliphatic carbocycles. The maximum atomic E-state index is 10.3. The molecular weight excluding hydrogens is 298 g/mol. The van der Waals surface area contributed by atoms with Crippen LogP contribution in [0.5, 0.6) is 0 Å². The summed E-state index contributed by atoms with van der Waals surface area (Å²) in [5.41, 5.74) is 4.16. The molecule has 0 spiro atoms. The molecule has 0 saturated heterocycles. The smallest absolute Gasteiger partial charge is 0.0814 e. The molecule has 24 heavy (non-hydrogen) atoms. The van der Waals surface area contributed by atoms with Gasteiger partial charge in [-0.1, -0.05) is 60.7 Å². The van der Waals surface area contributed by atoms with Crippen molar-refractivity contribution in [2.45, 2.75) is 19.1 Å². The highest BCUT2D eigenvalue weighted by Crippen LogP contribution is 2.22. The first-order chi connectivity index (χ1) is 11.8. The van der Waals surface area contributed by atoms with E-state index in [1.54, 1.807) is 6.20 Å². The summed E-state index contributed by atoms with van der Waals surface area (Å²) in [5.74, 6) is 0. The lowest BCUT2D eigenvalue weighted by molar-refractivity contribution is 0.0289. The largest absolute Gasteiger partial charge is 0.390 e. The molecule has 2 aromatic carbocycles. The SMILES string of the molecule is OC(COCc1ccccc1)Cc1ccccc1-c1ccccn1. The van der Waals surface area contributed by atoms with Gasteiger partial charge in [0.25, 0.3) is 0 Å². The molecule has 3 heteroatoms. The van der Waals surface area contributed by atoms with Gasteiger partial charge in [-0.25, -0.2) is 0 Å². The summed E-state index contributed by atoms with van der Waals surface area (Å²) in [6, 6.07) is 23.9. The molecule has 1 heterocycles. The number of aromatic nitrogens is 1. The molecule has 1 atom stereocenters. The van der Waals surface area contributed by atoms with Crippen LogP contribution in [0.1, 0.15) is 11.1 Å². The third-order valence-electron chi connectivity index (χ3n) is 3.84. The molecule has 0 amide bonds. The van der Waals surface area contributed by atoms with Gasteiger partial charge in [-0.3, -0.25) is 4.98 Å². The van der Waals surface area contributed by atoms with Gasteiger partial charge in [-0.05, 0) is 23.3 Å². The zero-order valence-corrected chi connectivity index (χ0v) is 13.5. The number of hydrogen-bond donors (Lipinski definition) is 1. The lowest BCUT2D eigenvalue weighted by Gasteiger charge is -2.14. The lowest BCUT2D eigenvalue weighted by atomic mass is 9.99. The van der Waals surface area contributed by atoms with Crippen LogP contribution in [0.25, 0.3) is 11.3 Å². The van der Waals surface area contributed by atoms with E-state index in [2.05, 4.69) is 4.98 Å². The zero-order valence-electron chi connectivity index (χ0n) is 13.5. The Hall–Kier alpha value is -2.49. The van der Waals surface area contributed by atoms with E-state index in [0.717, 1.165) is 22.4 Å². The molecule has 122 valence electrons. The van der Waals surface area contributed by atoms with Crippen LogP contribution in [-0.2, 0) is 17.8 Å². The molecule has 0 radical (unpaired) electrons. The monoisotopic (exact) mass is 319 g/mol. The minimum atomic E-state index is -0.543. The Morgan fingerprint density at radius 2 is 1.62 bits per heavy atom. The van der Waals surface area contributed by atoms with Gasteiger partial charge >= 0.3 is 0 Å². The summed E-state index contributed by atoms with van der Waals surface area (Å²) >= 11 is 0. The first-order valence-electron chi connectivity index (χ1n) is 8.12. The standard InChI is InChI=1S/C21H21NO2/c23-19(16-24-15-17-8-2-1-3-9-17)14-18-10-4-5-11-20(18)21-12-6-7-13-22-21/h1-13,19,23H,14-16H2. The van der Waals surface area contributed by atoms with E-state index in [4.69, 9.17) is 4.74 Å². The van der Waals surface area contributed by atoms with Crippen LogP contribution in [0.15, 0.2) is 79.0 Å². The maximum Gasteiger partial charge on any atom is 0.0814 e. The third-order valence-corrected chi connectivity index (χ3v) is 3.84. The van der Waals surface area contributed by atoms with E-state index in [-0.39, 0.29) is 0 Å². The molecular formula is C21H21NO2. The van der Waals surface area contributed by atoms with Gasteiger partial charge in [0, 0.05) is 18.2 Å². The summed E-state index contributed by atoms with van der Waals surface area (Å²) in [5, 5.41) is 10.3. The van der Waals surface area contributed by atoms with Crippen molar-refractivity contribution in [2.24, 2.45) is 0 Å². The molecule has 0 saturated carbocycles. The van der Waals surface area contributed by atoms with E-state index in [1.807, 2.05) is 72.8 Å². The first-order valence-corrected chi connectivity index (χ1v) is 8.12. The summed E-state index contributed by atoms with van der Waals surface area (Å²) in [6.45, 7) is 0.825. The van der Waals surface area contributed by atoms with Crippen molar-refractivity contribution in [1.82, 2.24) is 4.98 Å². The van der Waals surface area contributed by atoms with Crippen molar-refractivity contribution >= 4 is 0 Å². The summed E-state index contributed by atoms with van der Waals surface area (Å²) in [6.07, 6.45) is 1.78. The number of aliphatic hydroxyl groups is 1. The molecule has 1 unspecified atom stereocenters. The number of ether oxygens (including phenoxy) is 1. The predicted octanol–water partition coefficient (Wildman–Crippen LogP) is 3.87. The Morgan fingerprint density at radius 1 is 0.875 bits per heavy atom. The highest BCUT2D eigenvalue weighted by molar-refractivity contribution is 5.63. The molecule has 0 aliphatic rings. The Bertz CT molecular complexity index is 744. The highest BCUT2D eigenvalue weighted by atomic mass is 16.5. The van der Waals surface area contributed by atoms with Gasteiger partial charge < -0.3 is 9.84 Å². The molecule has 0 bridgehead atoms. The van der Waals surface area contributed by atoms with Crippen molar-refractivity contribution < 1.29 is 9.84 Å². The van der Waals surface area contributed by atoms with Crippen LogP contribution in [0.3, 0.4) is 0 Å². The van der Waals surface area contributed by atoms with Gasteiger partial charge in [-0.2, -0.15) is 0 Å². The fourth-order valence-electron chi connectivity index (χ4n) is 2.67. The Balaban J connectivity index is 1.60. The van der Waals surface area contributed by atoms with Crippen LogP contribution < -0.4 is 0 Å². The van der Waals surface area contributed by atoms with Gasteiger partial charge in [0.2, 0.25) is 0 Å². The average molecular weight is 319 g/mol. The fraction of sp³-hybridized carbons (Fsp3) is 0.190. The van der Waals surface area contributed by atoms with Crippen LogP contribution in [0.2, 0.25) is 0 Å². The van der Waals surface area contributed by atoms with E-state index < -0.39 is 6.10 Å². The number of nitrogens with zero attached hydrogens (tertiary/aromatic N) is 1. The van der Waals surface area contributed by atoms with Crippen molar-refractivity contribution in [2.75, 3.05) is 6.61 Å². The minimum Gasteiger partial charge on any atom is -0.390 e. The van der Waals surface area contributed by atoms with Crippen LogP contribution in [0.4, 0.5) is 0 Å². The van der Waals surface area contributed by atoms with Crippen LogP contribution >= 0.6 is 0 Å². The van der Waals surface area contributed by atoms with Gasteiger partial charge in [0.1, 0.15) is 0 Å². The second-order valence-electron chi connectivity index (χ2n) is 5.73. The minimum absolute atomic E-state index is 0.311. The van der Waals surface area contributed by atoms with Gasteiger partial charge in [0.05, 0.1) is 25.0 Å². The van der Waals surface area contributed by atoms with Crippen molar-refractivity contribution in [1.29, 1.82) is 0 Å². The van der Waals surface area contributed by atoms with Crippen LogP contribution in [0, 0.1) is 0 Å². The molecule has 1 aromatic heterocycles. The number of aliphatic hydroxyl groups excluding tert-OH is 1. The third kappa shape index (κ3) is 4.51. The second-order valence-corrected chi connectivity index (χ2v) is 5.73. The average Bonchev–Trinajstić information content (AvgIpc) is 2.64. The van der Waals surface area contributed by atoms with E-state index in [0.29, 0.717) is 19.6 Å². The number of rotatable bonds is 7. The number of benzene rings is 2. The van der Waals surface area contributed by atoms with Crippen molar-refractivity contribution in [3.8, 4) is 11.3 Å². The topological polar surface area (TPSA) is 42.4 Å². The summed E-state index contributed by atoms with van der Waals surface area (Å²) in [7, 11) is 0. The highest BCUT2D eigenvalue weighted by Gasteiger charge is 2.11. The normalized spacial score (nSPS) is 12.0. The van der Waals surface area contributed by atoms with E-state index >= 15 is 0 Å². The number of pyridine rings is 1. The molecule has 0 fully saturated rings. The molecule has 3 aromatic rings. The van der Waals surface area contributed by atoms with Gasteiger partial charge in [0.15, 0.2) is 0 Å². The fourth-order valence-corrected chi connectivity index (χ4v) is 2.67. The zero-order chi connectivity index (χ0) is 16.6. The Morgan fingerprint density at radius 3 is 2.42 bits per heavy atom. The Kier molecular flexibility index (Phi) is 5.72. The molecule has 3 nitrogen and oxygen atoms in total. The lowest BCUT2D eigenvalue weighted by Crippen LogP contribution is -2.18. The van der Waals surface area contributed by atoms with Gasteiger partial charge in [-0.15, -0.1) is 0 Å². The summed E-state index contributed by atoms with van der Waals surface area (Å²) < 4.78 is 5.63. The van der Waals surface area contributed by atoms with E-state index in [1.165, 1.54) is 0 Å². The predicted molar refractivity (Wildman–Crippen MR) is 95.5 cm³/mol. The van der Waals surface area contributed by atoms with Crippen molar-refractivity contribution in [3.05, 3.63) is 90.1 Å². The number of hydrogen-bond acceptors (Lipinski definition) is 3. The molecule has 1 N–H and O–H groups in total. The van der Waals surface area contributed by atoms with E-state index in [9.17, 15) is 5.11 Å². The van der Waals surface area contributed by atoms with Crippen LogP contribution in [-0.4, -0.2) is 22.8 Å². The molecule has 0 aliphatic heterocycles. The Labute approximate surface area is 142 Å². The summed E-state index contributed by atoms with van der Waals surface area (Å²) in [4.78, 5) is 4.41. The quantitative estimate of drug-likeness (QED) is 0.719. The second kappa shape index (κ2) is 8.39. The van der Waals surface area contributed by atoms with Crippen molar-refractivity contribution in [3.63, 3.8) is 0 Å². The molecule has 3 rings (SSSR count). The maximum absolute atomic E-state index is 10.3.